The number of rotatable bonds is 14. The molecule has 63 heavy (non-hydrogen) atoms. The molecule has 0 spiro atoms. The highest BCUT2D eigenvalue weighted by Gasteiger charge is 2.40. The van der Waals surface area contributed by atoms with E-state index in [1.54, 1.807) is 38.8 Å². The Kier molecular flexibility index (Phi) is 13.5. The van der Waals surface area contributed by atoms with E-state index in [-0.39, 0.29) is 37.4 Å². The van der Waals surface area contributed by atoms with Gasteiger partial charge in [0.05, 0.1) is 31.0 Å². The van der Waals surface area contributed by atoms with Gasteiger partial charge in [0.15, 0.2) is 0 Å². The van der Waals surface area contributed by atoms with Crippen LogP contribution >= 0.6 is 18.7 Å². The lowest BCUT2D eigenvalue weighted by molar-refractivity contribution is -0.137. The fraction of sp³-hybridized carbons (Fsp3) is 0.435. The van der Waals surface area contributed by atoms with Crippen molar-refractivity contribution >= 4 is 59.1 Å². The first kappa shape index (κ1) is 44.3. The van der Waals surface area contributed by atoms with E-state index in [9.17, 15) is 23.7 Å². The largest absolute Gasteiger partial charge is 0.496 e. The van der Waals surface area contributed by atoms with Crippen molar-refractivity contribution in [3.8, 4) is 5.75 Å². The fourth-order valence-corrected chi connectivity index (χ4v) is 10.7. The molecule has 1 aromatic heterocycles. The Morgan fingerprint density at radius 3 is 2.46 bits per heavy atom. The third kappa shape index (κ3) is 10.2. The summed E-state index contributed by atoms with van der Waals surface area (Å²) in [6.07, 6.45) is 5.19. The molecule has 8 rings (SSSR count). The first-order valence-corrected chi connectivity index (χ1v) is 24.6. The zero-order valence-electron chi connectivity index (χ0n) is 36.1. The van der Waals surface area contributed by atoms with Crippen LogP contribution < -0.4 is 30.9 Å². The van der Waals surface area contributed by atoms with E-state index in [1.165, 1.54) is 4.90 Å². The number of ether oxygens (including phenoxy) is 1. The smallest absolute Gasteiger partial charge is 0.255 e. The van der Waals surface area contributed by atoms with Gasteiger partial charge in [-0.1, -0.05) is 48.0 Å². The number of benzene rings is 3. The van der Waals surface area contributed by atoms with Crippen molar-refractivity contribution in [2.45, 2.75) is 57.2 Å². The molecule has 15 nitrogen and oxygen atoms in total. The summed E-state index contributed by atoms with van der Waals surface area (Å²) in [4.78, 5) is 68.3. The van der Waals surface area contributed by atoms with Crippen LogP contribution in [-0.2, 0) is 38.3 Å². The van der Waals surface area contributed by atoms with Crippen molar-refractivity contribution in [2.75, 3.05) is 83.1 Å². The summed E-state index contributed by atoms with van der Waals surface area (Å²) in [7, 11) is -0.791. The standard InChI is InChI=1S/C46H55ClN9O6P/c1-62-40-25-33(12-11-30(40)24-42-48-26-36(47)38(51-42)23-31-7-4-5-10-41(31)63(2,3)61)54-17-15-32(16-18-54)55-21-19-53(20-22-55)28-44(58)50-29-49-37-9-6-8-34-35(37)27-56(46(34)60)39-13-14-43(57)52-45(39)59/h4-12,25-26,32,39,49H,13-24,27-29H2,1-3H3,(H,50,58)(H,52,57,59). The van der Waals surface area contributed by atoms with E-state index >= 15 is 0 Å². The molecule has 0 saturated carbocycles. The molecule has 3 aromatic carbocycles. The number of hydrogen-bond acceptors (Lipinski definition) is 12. The van der Waals surface area contributed by atoms with Gasteiger partial charge in [-0.15, -0.1) is 0 Å². The summed E-state index contributed by atoms with van der Waals surface area (Å²) < 4.78 is 18.8. The van der Waals surface area contributed by atoms with Crippen molar-refractivity contribution in [2.24, 2.45) is 0 Å². The number of anilines is 2. The normalized spacial score (nSPS) is 18.9. The molecule has 0 bridgehead atoms. The van der Waals surface area contributed by atoms with Crippen LogP contribution in [0.15, 0.2) is 66.9 Å². The maximum atomic E-state index is 13.2. The van der Waals surface area contributed by atoms with E-state index in [0.717, 1.165) is 91.2 Å². The number of amides is 4. The average Bonchev–Trinajstić information content (AvgIpc) is 3.61. The molecule has 3 saturated heterocycles. The van der Waals surface area contributed by atoms with Gasteiger partial charge in [0.25, 0.3) is 5.91 Å². The number of nitrogens with one attached hydrogen (secondary N) is 3. The third-order valence-electron chi connectivity index (χ3n) is 12.7. The van der Waals surface area contributed by atoms with Crippen LogP contribution in [0.3, 0.4) is 0 Å². The van der Waals surface area contributed by atoms with E-state index in [4.69, 9.17) is 21.3 Å². The number of piperidine rings is 2. The minimum absolute atomic E-state index is 0.0754. The number of aromatic nitrogens is 2. The van der Waals surface area contributed by atoms with E-state index in [0.29, 0.717) is 54.0 Å². The summed E-state index contributed by atoms with van der Waals surface area (Å²) in [6.45, 7) is 9.64. The van der Waals surface area contributed by atoms with Gasteiger partial charge in [-0.3, -0.25) is 34.3 Å². The molecule has 332 valence electrons. The second-order valence-electron chi connectivity index (χ2n) is 17.1. The number of halogens is 1. The van der Waals surface area contributed by atoms with Gasteiger partial charge in [-0.05, 0) is 56.4 Å². The third-order valence-corrected chi connectivity index (χ3v) is 14.6. The first-order chi connectivity index (χ1) is 30.3. The molecule has 1 unspecified atom stereocenters. The van der Waals surface area contributed by atoms with Crippen molar-refractivity contribution in [3.05, 3.63) is 106 Å². The molecule has 17 heteroatoms. The van der Waals surface area contributed by atoms with E-state index in [1.807, 2.05) is 30.3 Å². The lowest BCUT2D eigenvalue weighted by atomic mass is 10.0. The van der Waals surface area contributed by atoms with Crippen molar-refractivity contribution in [1.82, 2.24) is 35.3 Å². The maximum Gasteiger partial charge on any atom is 0.255 e. The predicted molar refractivity (Wildman–Crippen MR) is 244 cm³/mol. The molecule has 5 heterocycles. The Hall–Kier alpha value is -5.34. The molecular formula is C46H55ClN9O6P. The van der Waals surface area contributed by atoms with Gasteiger partial charge in [-0.2, -0.15) is 0 Å². The van der Waals surface area contributed by atoms with Crippen LogP contribution in [0.4, 0.5) is 11.4 Å². The Bertz CT molecular complexity index is 2430. The number of carbonyl (C=O) groups excluding carboxylic acids is 4. The van der Waals surface area contributed by atoms with Crippen LogP contribution in [-0.4, -0.2) is 133 Å². The Morgan fingerprint density at radius 2 is 1.71 bits per heavy atom. The van der Waals surface area contributed by atoms with Gasteiger partial charge < -0.3 is 29.7 Å². The van der Waals surface area contributed by atoms with E-state index < -0.39 is 19.1 Å². The van der Waals surface area contributed by atoms with Crippen LogP contribution in [0.25, 0.3) is 0 Å². The fourth-order valence-electron chi connectivity index (χ4n) is 9.29. The monoisotopic (exact) mass is 895 g/mol. The van der Waals surface area contributed by atoms with Crippen molar-refractivity contribution < 1.29 is 28.5 Å². The zero-order valence-corrected chi connectivity index (χ0v) is 37.7. The summed E-state index contributed by atoms with van der Waals surface area (Å²) in [5.74, 6) is 0.353. The van der Waals surface area contributed by atoms with Crippen LogP contribution in [0.2, 0.25) is 5.02 Å². The number of nitrogens with zero attached hydrogens (tertiary/aromatic N) is 6. The number of piperazine rings is 1. The van der Waals surface area contributed by atoms with Gasteiger partial charge in [0, 0.05) is 117 Å². The van der Waals surface area contributed by atoms with Gasteiger partial charge in [0.1, 0.15) is 24.8 Å². The summed E-state index contributed by atoms with van der Waals surface area (Å²) in [5, 5.41) is 9.88. The molecule has 3 fully saturated rings. The highest BCUT2D eigenvalue weighted by atomic mass is 35.5. The second kappa shape index (κ2) is 19.2. The lowest BCUT2D eigenvalue weighted by Gasteiger charge is -2.43. The highest BCUT2D eigenvalue weighted by Crippen LogP contribution is 2.37. The minimum Gasteiger partial charge on any atom is -0.496 e. The topological polar surface area (TPSA) is 169 Å². The molecule has 4 aliphatic heterocycles. The number of hydrogen-bond donors (Lipinski definition) is 3. The number of carbonyl (C=O) groups is 4. The highest BCUT2D eigenvalue weighted by molar-refractivity contribution is 7.70. The Balaban J connectivity index is 0.776. The summed E-state index contributed by atoms with van der Waals surface area (Å²) >= 11 is 6.57. The van der Waals surface area contributed by atoms with Crippen LogP contribution in [0, 0.1) is 0 Å². The molecule has 4 aliphatic rings. The summed E-state index contributed by atoms with van der Waals surface area (Å²) in [5.41, 5.74) is 5.79. The minimum atomic E-state index is -2.48. The molecule has 1 atom stereocenters. The molecule has 4 aromatic rings. The maximum absolute atomic E-state index is 13.2. The van der Waals surface area contributed by atoms with Gasteiger partial charge in [-0.25, -0.2) is 9.97 Å². The van der Waals surface area contributed by atoms with Gasteiger partial charge >= 0.3 is 0 Å². The van der Waals surface area contributed by atoms with Crippen molar-refractivity contribution in [1.29, 1.82) is 0 Å². The molecule has 4 amide bonds. The zero-order chi connectivity index (χ0) is 44.3. The number of fused-ring (bicyclic) bond motifs is 1. The van der Waals surface area contributed by atoms with E-state index in [2.05, 4.69) is 53.8 Å². The van der Waals surface area contributed by atoms with Crippen molar-refractivity contribution in [3.63, 3.8) is 0 Å². The Morgan fingerprint density at radius 1 is 0.937 bits per heavy atom. The Labute approximate surface area is 373 Å². The molecular weight excluding hydrogens is 841 g/mol. The lowest BCUT2D eigenvalue weighted by Crippen LogP contribution is -2.54. The quantitative estimate of drug-likeness (QED) is 0.0944. The number of imide groups is 1. The molecule has 0 radical (unpaired) electrons. The second-order valence-corrected chi connectivity index (χ2v) is 20.7. The predicted octanol–water partition coefficient (Wildman–Crippen LogP) is 4.10. The van der Waals surface area contributed by atoms with Crippen LogP contribution in [0.1, 0.15) is 64.2 Å². The van der Waals surface area contributed by atoms with Crippen LogP contribution in [0.5, 0.6) is 5.75 Å². The van der Waals surface area contributed by atoms with Gasteiger partial charge in [0.2, 0.25) is 17.7 Å². The average molecular weight is 896 g/mol. The number of methoxy groups -OCH3 is 1. The molecule has 0 aliphatic carbocycles. The SMILES string of the molecule is COc1cc(N2CCC(N3CCN(CC(=O)NCNc4cccc5c4CN(C4CCC(=O)NC4=O)C5=O)CC3)CC2)ccc1Cc1ncc(Cl)c(Cc2ccccc2P(C)(C)=O)n1. The summed E-state index contributed by atoms with van der Waals surface area (Å²) in [6, 6.07) is 19.3. The first-order valence-electron chi connectivity index (χ1n) is 21.6. The molecule has 3 N–H and O–H groups in total.